The number of aromatic hydroxyl groups is 1. The number of nitrogens with zero attached hydrogens (tertiary/aromatic N) is 1. The third kappa shape index (κ3) is 5.09. The first-order valence-electron chi connectivity index (χ1n) is 12.7. The number of hydrogen-bond donors (Lipinski definition) is 2. The highest BCUT2D eigenvalue weighted by Crippen LogP contribution is 2.42. The van der Waals surface area contributed by atoms with E-state index < -0.39 is 5.82 Å². The van der Waals surface area contributed by atoms with Crippen LogP contribution in [-0.4, -0.2) is 42.4 Å². The Morgan fingerprint density at radius 3 is 2.67 bits per heavy atom. The predicted octanol–water partition coefficient (Wildman–Crippen LogP) is 6.22. The molecule has 0 aromatic heterocycles. The van der Waals surface area contributed by atoms with Crippen LogP contribution in [0.25, 0.3) is 11.1 Å². The number of phenols is 1. The molecule has 5 rings (SSSR count). The quantitative estimate of drug-likeness (QED) is 0.386. The van der Waals surface area contributed by atoms with Crippen molar-refractivity contribution in [2.75, 3.05) is 32.0 Å². The van der Waals surface area contributed by atoms with Crippen LogP contribution in [-0.2, 0) is 6.42 Å². The molecule has 1 saturated heterocycles. The van der Waals surface area contributed by atoms with Crippen LogP contribution in [0.1, 0.15) is 47.9 Å². The zero-order chi connectivity index (χ0) is 25.1. The van der Waals surface area contributed by atoms with Crippen LogP contribution in [0.4, 0.5) is 14.5 Å². The van der Waals surface area contributed by atoms with Crippen molar-refractivity contribution in [1.29, 1.82) is 0 Å². The number of alkyl halides is 1. The Balaban J connectivity index is 1.50. The number of fused-ring (bicyclic) bond motifs is 1. The molecule has 6 heteroatoms. The van der Waals surface area contributed by atoms with E-state index in [4.69, 9.17) is 10.5 Å². The fourth-order valence-corrected chi connectivity index (χ4v) is 5.43. The lowest BCUT2D eigenvalue weighted by Gasteiger charge is -2.19. The van der Waals surface area contributed by atoms with Crippen molar-refractivity contribution in [3.63, 3.8) is 0 Å². The van der Waals surface area contributed by atoms with Crippen LogP contribution >= 0.6 is 0 Å². The molecule has 1 aliphatic carbocycles. The summed E-state index contributed by atoms with van der Waals surface area (Å²) in [5.74, 6) is -0.155. The average molecular weight is 491 g/mol. The van der Waals surface area contributed by atoms with Gasteiger partial charge in [-0.15, -0.1) is 0 Å². The number of hydrogen-bond acceptors (Lipinski definition) is 4. The summed E-state index contributed by atoms with van der Waals surface area (Å²) in [6, 6.07) is 18.7. The zero-order valence-electron chi connectivity index (χ0n) is 20.4. The molecule has 3 aromatic rings. The standard InChI is InChI=1S/C30H32F2N2O2/c31-15-3-16-34-17-14-24(19-34)36-23-11-8-20(9-12-23)29-25-13-10-22(33)18-21(25)4-1-5-26(29)27-6-2-7-28(35)30(27)32/h2,6-13,18,24,35H,1,3-5,14-17,19,33H2. The van der Waals surface area contributed by atoms with Gasteiger partial charge in [-0.2, -0.15) is 0 Å². The largest absolute Gasteiger partial charge is 0.505 e. The SMILES string of the molecule is Nc1ccc2c(c1)CCCC(c1cccc(O)c1F)=C2c1ccc(OC2CCN(CCCF)C2)cc1. The third-order valence-corrected chi connectivity index (χ3v) is 7.16. The molecule has 1 heterocycles. The van der Waals surface area contributed by atoms with Crippen molar-refractivity contribution < 1.29 is 18.6 Å². The summed E-state index contributed by atoms with van der Waals surface area (Å²) >= 11 is 0. The van der Waals surface area contributed by atoms with Crippen molar-refractivity contribution in [2.24, 2.45) is 0 Å². The van der Waals surface area contributed by atoms with Gasteiger partial charge < -0.3 is 15.6 Å². The molecule has 1 unspecified atom stereocenters. The lowest BCUT2D eigenvalue weighted by atomic mass is 9.87. The van der Waals surface area contributed by atoms with E-state index in [1.807, 2.05) is 42.5 Å². The number of benzene rings is 3. The van der Waals surface area contributed by atoms with Gasteiger partial charge in [0.1, 0.15) is 11.9 Å². The van der Waals surface area contributed by atoms with E-state index in [9.17, 15) is 9.50 Å². The number of allylic oxidation sites excluding steroid dienone is 1. The summed E-state index contributed by atoms with van der Waals surface area (Å²) in [6.45, 7) is 2.21. The summed E-state index contributed by atoms with van der Waals surface area (Å²) < 4.78 is 33.8. The number of rotatable bonds is 7. The van der Waals surface area contributed by atoms with Gasteiger partial charge in [0.05, 0.1) is 6.67 Å². The van der Waals surface area contributed by atoms with E-state index in [0.29, 0.717) is 24.1 Å². The van der Waals surface area contributed by atoms with Crippen molar-refractivity contribution in [1.82, 2.24) is 4.90 Å². The number of aryl methyl sites for hydroxylation is 1. The molecule has 1 fully saturated rings. The Morgan fingerprint density at radius 2 is 1.86 bits per heavy atom. The second-order valence-corrected chi connectivity index (χ2v) is 9.66. The second-order valence-electron chi connectivity index (χ2n) is 9.66. The van der Waals surface area contributed by atoms with E-state index in [0.717, 1.165) is 72.5 Å². The van der Waals surface area contributed by atoms with Gasteiger partial charge >= 0.3 is 0 Å². The van der Waals surface area contributed by atoms with E-state index in [1.165, 1.54) is 6.07 Å². The molecule has 4 nitrogen and oxygen atoms in total. The maximum absolute atomic E-state index is 15.1. The van der Waals surface area contributed by atoms with Crippen LogP contribution in [0.3, 0.4) is 0 Å². The molecule has 1 aliphatic heterocycles. The molecule has 3 N–H and O–H groups in total. The van der Waals surface area contributed by atoms with Gasteiger partial charge in [0.2, 0.25) is 0 Å². The van der Waals surface area contributed by atoms with Crippen molar-refractivity contribution in [3.8, 4) is 11.5 Å². The van der Waals surface area contributed by atoms with Crippen LogP contribution in [0.15, 0.2) is 60.7 Å². The van der Waals surface area contributed by atoms with Gasteiger partial charge in [-0.3, -0.25) is 9.29 Å². The molecule has 0 amide bonds. The first-order chi connectivity index (χ1) is 17.5. The Morgan fingerprint density at radius 1 is 1.03 bits per heavy atom. The fraction of sp³-hybridized carbons (Fsp3) is 0.333. The molecule has 36 heavy (non-hydrogen) atoms. The lowest BCUT2D eigenvalue weighted by molar-refractivity contribution is 0.198. The minimum Gasteiger partial charge on any atom is -0.505 e. The van der Waals surface area contributed by atoms with E-state index in [1.54, 1.807) is 12.1 Å². The van der Waals surface area contributed by atoms with E-state index >= 15 is 4.39 Å². The summed E-state index contributed by atoms with van der Waals surface area (Å²) in [4.78, 5) is 2.24. The number of phenolic OH excluding ortho intramolecular Hbond substituents is 1. The summed E-state index contributed by atoms with van der Waals surface area (Å²) in [5.41, 5.74) is 12.2. The van der Waals surface area contributed by atoms with E-state index in [2.05, 4.69) is 4.90 Å². The zero-order valence-corrected chi connectivity index (χ0v) is 20.4. The van der Waals surface area contributed by atoms with Crippen LogP contribution in [0, 0.1) is 5.82 Å². The minimum absolute atomic E-state index is 0.0909. The number of anilines is 1. The number of likely N-dealkylation sites (tertiary alicyclic amines) is 1. The molecule has 3 aromatic carbocycles. The number of nitrogen functional groups attached to an aromatic ring is 1. The Kier molecular flexibility index (Phi) is 7.23. The highest BCUT2D eigenvalue weighted by atomic mass is 19.1. The van der Waals surface area contributed by atoms with Gasteiger partial charge in [-0.1, -0.05) is 30.3 Å². The topological polar surface area (TPSA) is 58.7 Å². The summed E-state index contributed by atoms with van der Waals surface area (Å²) in [7, 11) is 0. The molecule has 0 spiro atoms. The highest BCUT2D eigenvalue weighted by molar-refractivity contribution is 6.00. The molecular weight excluding hydrogens is 458 g/mol. The van der Waals surface area contributed by atoms with Gasteiger partial charge in [0.15, 0.2) is 11.6 Å². The smallest absolute Gasteiger partial charge is 0.172 e. The minimum atomic E-state index is -0.595. The average Bonchev–Trinajstić information content (AvgIpc) is 3.24. The Labute approximate surface area is 211 Å². The van der Waals surface area contributed by atoms with Crippen LogP contribution in [0.2, 0.25) is 0 Å². The molecule has 0 radical (unpaired) electrons. The highest BCUT2D eigenvalue weighted by Gasteiger charge is 2.25. The summed E-state index contributed by atoms with van der Waals surface area (Å²) in [6.07, 6.45) is 3.95. The molecule has 0 saturated carbocycles. The number of halogens is 2. The first-order valence-corrected chi connectivity index (χ1v) is 12.7. The van der Waals surface area contributed by atoms with Gasteiger partial charge in [0.25, 0.3) is 0 Å². The maximum atomic E-state index is 15.1. The van der Waals surface area contributed by atoms with Crippen molar-refractivity contribution in [2.45, 2.75) is 38.2 Å². The summed E-state index contributed by atoms with van der Waals surface area (Å²) in [5, 5.41) is 10.1. The monoisotopic (exact) mass is 490 g/mol. The van der Waals surface area contributed by atoms with Crippen molar-refractivity contribution >= 4 is 16.8 Å². The maximum Gasteiger partial charge on any atom is 0.172 e. The van der Waals surface area contributed by atoms with Crippen LogP contribution in [0.5, 0.6) is 11.5 Å². The predicted molar refractivity (Wildman–Crippen MR) is 140 cm³/mol. The fourth-order valence-electron chi connectivity index (χ4n) is 5.43. The number of ether oxygens (including phenoxy) is 1. The van der Waals surface area contributed by atoms with E-state index in [-0.39, 0.29) is 18.5 Å². The lowest BCUT2D eigenvalue weighted by Crippen LogP contribution is -2.26. The Hall–Kier alpha value is -3.38. The molecular formula is C30H32F2N2O2. The second kappa shape index (κ2) is 10.7. The van der Waals surface area contributed by atoms with Gasteiger partial charge in [-0.25, -0.2) is 4.39 Å². The number of nitrogens with two attached hydrogens (primary N) is 1. The van der Waals surface area contributed by atoms with Gasteiger partial charge in [0, 0.05) is 30.9 Å². The third-order valence-electron chi connectivity index (χ3n) is 7.16. The normalized spacial score (nSPS) is 18.2. The van der Waals surface area contributed by atoms with Crippen molar-refractivity contribution in [3.05, 3.63) is 88.7 Å². The van der Waals surface area contributed by atoms with Crippen LogP contribution < -0.4 is 10.5 Å². The molecule has 1 atom stereocenters. The van der Waals surface area contributed by atoms with Gasteiger partial charge in [-0.05, 0) is 90.3 Å². The first kappa shape index (κ1) is 24.3. The molecule has 188 valence electrons. The molecule has 0 bridgehead atoms. The Bertz CT molecular complexity index is 1260. The molecule has 2 aliphatic rings.